The van der Waals surface area contributed by atoms with Crippen LogP contribution in [0.5, 0.6) is 5.75 Å². The van der Waals surface area contributed by atoms with Crippen molar-refractivity contribution < 1.29 is 13.9 Å². The van der Waals surface area contributed by atoms with E-state index in [1.807, 2.05) is 4.98 Å². The first-order valence-electron chi connectivity index (χ1n) is 7.09. The van der Waals surface area contributed by atoms with Gasteiger partial charge in [0.25, 0.3) is 11.5 Å². The second-order valence-corrected chi connectivity index (χ2v) is 5.35. The summed E-state index contributed by atoms with van der Waals surface area (Å²) in [7, 11) is 0. The number of halogens is 1. The summed E-state index contributed by atoms with van der Waals surface area (Å²) in [5, 5.41) is 2.53. The van der Waals surface area contributed by atoms with E-state index in [9.17, 15) is 18.8 Å². The van der Waals surface area contributed by atoms with Crippen LogP contribution in [0.1, 0.15) is 23.0 Å². The molecule has 0 spiro atoms. The van der Waals surface area contributed by atoms with Gasteiger partial charge in [0.2, 0.25) is 0 Å². The molecule has 2 rings (SSSR count). The summed E-state index contributed by atoms with van der Waals surface area (Å²) in [5.41, 5.74) is 3.79. The van der Waals surface area contributed by atoms with E-state index >= 15 is 0 Å². The van der Waals surface area contributed by atoms with Crippen LogP contribution < -0.4 is 27.0 Å². The van der Waals surface area contributed by atoms with Crippen LogP contribution in [0.3, 0.4) is 0 Å². The number of nitrogens with two attached hydrogens (primary N) is 1. The van der Waals surface area contributed by atoms with Crippen molar-refractivity contribution in [3.8, 4) is 5.75 Å². The van der Waals surface area contributed by atoms with Crippen LogP contribution >= 0.6 is 0 Å². The smallest absolute Gasteiger partial charge is 0.326 e. The zero-order valence-corrected chi connectivity index (χ0v) is 13.1. The Kier molecular flexibility index (Phi) is 5.02. The van der Waals surface area contributed by atoms with Crippen LogP contribution in [-0.4, -0.2) is 28.5 Å². The number of aromatic nitrogens is 2. The van der Waals surface area contributed by atoms with Crippen LogP contribution in [0.15, 0.2) is 27.8 Å². The molecule has 0 saturated carbocycles. The summed E-state index contributed by atoms with van der Waals surface area (Å²) >= 11 is 0. The first-order valence-corrected chi connectivity index (χ1v) is 7.09. The number of carbonyl (C=O) groups excluding carboxylic acids is 1. The van der Waals surface area contributed by atoms with Crippen molar-refractivity contribution in [2.24, 2.45) is 0 Å². The molecule has 0 radical (unpaired) electrons. The number of anilines is 1. The topological polar surface area (TPSA) is 130 Å². The largest absolute Gasteiger partial charge is 0.491 e. The van der Waals surface area contributed by atoms with Crippen molar-refractivity contribution >= 4 is 11.6 Å². The normalized spacial score (nSPS) is 11.8. The minimum absolute atomic E-state index is 0.0575. The molecule has 1 aromatic carbocycles. The molecule has 8 nitrogen and oxygen atoms in total. The maximum Gasteiger partial charge on any atom is 0.326 e. The van der Waals surface area contributed by atoms with Gasteiger partial charge in [-0.05, 0) is 31.5 Å². The van der Waals surface area contributed by atoms with Crippen LogP contribution in [0.2, 0.25) is 0 Å². The van der Waals surface area contributed by atoms with Crippen molar-refractivity contribution in [1.29, 1.82) is 0 Å². The fraction of sp³-hybridized carbons (Fsp3) is 0.267. The van der Waals surface area contributed by atoms with Crippen LogP contribution in [-0.2, 0) is 0 Å². The van der Waals surface area contributed by atoms with Gasteiger partial charge in [-0.1, -0.05) is 0 Å². The van der Waals surface area contributed by atoms with Crippen molar-refractivity contribution in [2.45, 2.75) is 19.9 Å². The van der Waals surface area contributed by atoms with Gasteiger partial charge in [-0.15, -0.1) is 0 Å². The highest BCUT2D eigenvalue weighted by Crippen LogP contribution is 2.15. The minimum atomic E-state index is -0.844. The predicted octanol–water partition coefficient (Wildman–Crippen LogP) is 0.290. The zero-order valence-electron chi connectivity index (χ0n) is 13.1. The fourth-order valence-corrected chi connectivity index (χ4v) is 2.02. The van der Waals surface area contributed by atoms with Crippen molar-refractivity contribution in [3.63, 3.8) is 0 Å². The highest BCUT2D eigenvalue weighted by molar-refractivity contribution is 5.96. The number of aromatic amines is 2. The third-order valence-electron chi connectivity index (χ3n) is 3.10. The molecule has 5 N–H and O–H groups in total. The molecule has 0 unspecified atom stereocenters. The standard InChI is InChI=1S/C15H17FN4O4/c1-7-3-9(16)5-10(4-7)24-6-8(2)18-14(22)12-11(17)13(21)20-15(23)19-12/h3-5,8H,6,17H2,1-2H3,(H,18,22)(H2,19,20,21,23)/t8-/m1/s1. The van der Waals surface area contributed by atoms with Gasteiger partial charge < -0.3 is 20.8 Å². The summed E-state index contributed by atoms with van der Waals surface area (Å²) in [6, 6.07) is 3.77. The summed E-state index contributed by atoms with van der Waals surface area (Å²) in [6.07, 6.45) is 0. The minimum Gasteiger partial charge on any atom is -0.491 e. The van der Waals surface area contributed by atoms with Gasteiger partial charge in [0, 0.05) is 6.07 Å². The van der Waals surface area contributed by atoms with E-state index in [1.165, 1.54) is 12.1 Å². The molecule has 128 valence electrons. The zero-order chi connectivity index (χ0) is 17.9. The second-order valence-electron chi connectivity index (χ2n) is 5.35. The first kappa shape index (κ1) is 17.3. The number of benzene rings is 1. The molecule has 1 aromatic heterocycles. The van der Waals surface area contributed by atoms with E-state index < -0.39 is 29.0 Å². The summed E-state index contributed by atoms with van der Waals surface area (Å²) in [6.45, 7) is 3.43. The molecule has 2 aromatic rings. The lowest BCUT2D eigenvalue weighted by Gasteiger charge is -2.15. The number of nitrogens with one attached hydrogen (secondary N) is 3. The van der Waals surface area contributed by atoms with Gasteiger partial charge >= 0.3 is 5.69 Å². The number of hydrogen-bond donors (Lipinski definition) is 4. The number of hydrogen-bond acceptors (Lipinski definition) is 5. The number of rotatable bonds is 5. The molecule has 1 atom stereocenters. The molecule has 9 heteroatoms. The lowest BCUT2D eigenvalue weighted by atomic mass is 10.2. The van der Waals surface area contributed by atoms with Crippen LogP contribution in [0.25, 0.3) is 0 Å². The highest BCUT2D eigenvalue weighted by Gasteiger charge is 2.16. The molecule has 0 aliphatic rings. The van der Waals surface area contributed by atoms with Crippen molar-refractivity contribution in [2.75, 3.05) is 12.3 Å². The number of carbonyl (C=O) groups is 1. The van der Waals surface area contributed by atoms with Crippen LogP contribution in [0, 0.1) is 12.7 Å². The highest BCUT2D eigenvalue weighted by atomic mass is 19.1. The monoisotopic (exact) mass is 336 g/mol. The quantitative estimate of drug-likeness (QED) is 0.623. The Labute approximate surface area is 135 Å². The van der Waals surface area contributed by atoms with E-state index in [2.05, 4.69) is 10.3 Å². The summed E-state index contributed by atoms with van der Waals surface area (Å²) < 4.78 is 18.7. The average molecular weight is 336 g/mol. The number of nitrogen functional groups attached to an aromatic ring is 1. The second kappa shape index (κ2) is 6.99. The molecule has 0 aliphatic heterocycles. The Balaban J connectivity index is 2.02. The van der Waals surface area contributed by atoms with Gasteiger partial charge in [-0.2, -0.15) is 0 Å². The third-order valence-corrected chi connectivity index (χ3v) is 3.10. The van der Waals surface area contributed by atoms with Gasteiger partial charge in [-0.3, -0.25) is 14.6 Å². The van der Waals surface area contributed by atoms with E-state index in [4.69, 9.17) is 10.5 Å². The van der Waals surface area contributed by atoms with Gasteiger partial charge in [0.15, 0.2) is 0 Å². The molecule has 1 heterocycles. The average Bonchev–Trinajstić information content (AvgIpc) is 2.47. The van der Waals surface area contributed by atoms with Gasteiger partial charge in [0.1, 0.15) is 29.6 Å². The maximum atomic E-state index is 13.3. The predicted molar refractivity (Wildman–Crippen MR) is 85.7 cm³/mol. The Bertz CT molecular complexity index is 854. The fourth-order valence-electron chi connectivity index (χ4n) is 2.02. The Morgan fingerprint density at radius 2 is 2.04 bits per heavy atom. The lowest BCUT2D eigenvalue weighted by Crippen LogP contribution is -2.40. The number of H-pyrrole nitrogens is 2. The van der Waals surface area contributed by atoms with Crippen molar-refractivity contribution in [1.82, 2.24) is 15.3 Å². The van der Waals surface area contributed by atoms with E-state index in [0.29, 0.717) is 11.3 Å². The molecular formula is C15H17FN4O4. The molecule has 0 saturated heterocycles. The Hall–Kier alpha value is -3.10. The molecular weight excluding hydrogens is 319 g/mol. The van der Waals surface area contributed by atoms with Gasteiger partial charge in [-0.25, -0.2) is 9.18 Å². The van der Waals surface area contributed by atoms with E-state index in [1.54, 1.807) is 19.9 Å². The Morgan fingerprint density at radius 3 is 2.71 bits per heavy atom. The number of ether oxygens (including phenoxy) is 1. The number of amides is 1. The number of aryl methyl sites for hydroxylation is 1. The maximum absolute atomic E-state index is 13.3. The summed E-state index contributed by atoms with van der Waals surface area (Å²) in [5.74, 6) is -0.810. The molecule has 1 amide bonds. The van der Waals surface area contributed by atoms with Crippen LogP contribution in [0.4, 0.5) is 10.1 Å². The molecule has 0 bridgehead atoms. The SMILES string of the molecule is Cc1cc(F)cc(OC[C@@H](C)NC(=O)c2[nH]c(=O)[nH]c(=O)c2N)c1. The Morgan fingerprint density at radius 1 is 1.33 bits per heavy atom. The third kappa shape index (κ3) is 4.22. The molecule has 0 aliphatic carbocycles. The molecule has 24 heavy (non-hydrogen) atoms. The first-order chi connectivity index (χ1) is 11.3. The lowest BCUT2D eigenvalue weighted by molar-refractivity contribution is 0.0922. The van der Waals surface area contributed by atoms with E-state index in [0.717, 1.165) is 0 Å². The van der Waals surface area contributed by atoms with Crippen molar-refractivity contribution in [3.05, 3.63) is 56.1 Å². The van der Waals surface area contributed by atoms with E-state index in [-0.39, 0.29) is 18.0 Å². The summed E-state index contributed by atoms with van der Waals surface area (Å²) in [4.78, 5) is 38.8. The van der Waals surface area contributed by atoms with Gasteiger partial charge in [0.05, 0.1) is 6.04 Å². The molecule has 0 fully saturated rings.